The van der Waals surface area contributed by atoms with E-state index < -0.39 is 0 Å². The molecule has 4 rings (SSSR count). The van der Waals surface area contributed by atoms with E-state index in [-0.39, 0.29) is 5.91 Å². The summed E-state index contributed by atoms with van der Waals surface area (Å²) in [6.45, 7) is 0. The summed E-state index contributed by atoms with van der Waals surface area (Å²) in [6, 6.07) is 12.0. The number of aromatic nitrogens is 2. The Kier molecular flexibility index (Phi) is 5.89. The second-order valence-corrected chi connectivity index (χ2v) is 8.91. The van der Waals surface area contributed by atoms with E-state index in [1.807, 2.05) is 41.4 Å². The quantitative estimate of drug-likeness (QED) is 0.576. The number of thioether (sulfide) groups is 1. The fourth-order valence-corrected chi connectivity index (χ4v) is 5.02. The number of nitrogens with one attached hydrogen (secondary N) is 1. The third-order valence-corrected chi connectivity index (χ3v) is 6.73. The average Bonchev–Trinajstić information content (AvgIpc) is 3.44. The zero-order chi connectivity index (χ0) is 18.5. The standard InChI is InChI=1S/C20H21N3O2S2/c24-18(11-12-19-22-20(23-25-19)17-6-3-13-26-17)21-14-7-9-16(10-8-14)27-15-4-1-2-5-15/h3,6-10,13,15H,1-2,4-5,11-12H2,(H,21,24). The number of thiophene rings is 1. The lowest BCUT2D eigenvalue weighted by atomic mass is 10.2. The first-order valence-corrected chi connectivity index (χ1v) is 11.0. The number of nitrogens with zero attached hydrogens (tertiary/aromatic N) is 2. The molecule has 5 nitrogen and oxygen atoms in total. The Morgan fingerprint density at radius 1 is 1.22 bits per heavy atom. The van der Waals surface area contributed by atoms with E-state index in [2.05, 4.69) is 27.6 Å². The lowest BCUT2D eigenvalue weighted by Crippen LogP contribution is -2.12. The molecule has 1 saturated carbocycles. The van der Waals surface area contributed by atoms with Crippen LogP contribution in [0.4, 0.5) is 5.69 Å². The maximum absolute atomic E-state index is 12.2. The van der Waals surface area contributed by atoms with Crippen LogP contribution in [-0.2, 0) is 11.2 Å². The van der Waals surface area contributed by atoms with Crippen LogP contribution in [-0.4, -0.2) is 21.3 Å². The van der Waals surface area contributed by atoms with Crippen LogP contribution in [0.1, 0.15) is 38.0 Å². The van der Waals surface area contributed by atoms with Gasteiger partial charge in [-0.1, -0.05) is 24.1 Å². The monoisotopic (exact) mass is 399 g/mol. The molecule has 1 amide bonds. The van der Waals surface area contributed by atoms with Crippen LogP contribution < -0.4 is 5.32 Å². The summed E-state index contributed by atoms with van der Waals surface area (Å²) < 4.78 is 5.23. The molecule has 140 valence electrons. The Bertz CT molecular complexity index is 869. The summed E-state index contributed by atoms with van der Waals surface area (Å²) in [5.41, 5.74) is 0.820. The first kappa shape index (κ1) is 18.3. The molecule has 1 aromatic carbocycles. The Morgan fingerprint density at radius 2 is 2.04 bits per heavy atom. The third kappa shape index (κ3) is 4.99. The Morgan fingerprint density at radius 3 is 2.78 bits per heavy atom. The fraction of sp³-hybridized carbons (Fsp3) is 0.350. The molecule has 0 saturated heterocycles. The summed E-state index contributed by atoms with van der Waals surface area (Å²) in [5, 5.41) is 9.61. The van der Waals surface area contributed by atoms with Gasteiger partial charge in [-0.25, -0.2) is 0 Å². The van der Waals surface area contributed by atoms with E-state index in [1.165, 1.54) is 30.6 Å². The van der Waals surface area contributed by atoms with E-state index in [1.54, 1.807) is 11.3 Å². The third-order valence-electron chi connectivity index (χ3n) is 4.52. The summed E-state index contributed by atoms with van der Waals surface area (Å²) in [6.07, 6.45) is 6.06. The first-order valence-electron chi connectivity index (χ1n) is 9.19. The predicted molar refractivity (Wildman–Crippen MR) is 109 cm³/mol. The molecule has 1 aliphatic carbocycles. The molecular formula is C20H21N3O2S2. The molecule has 0 atom stereocenters. The van der Waals surface area contributed by atoms with Crippen molar-refractivity contribution in [1.82, 2.24) is 10.1 Å². The number of hydrogen-bond donors (Lipinski definition) is 1. The highest BCUT2D eigenvalue weighted by molar-refractivity contribution is 8.00. The van der Waals surface area contributed by atoms with Crippen LogP contribution in [0.25, 0.3) is 10.7 Å². The molecule has 1 fully saturated rings. The molecule has 2 aromatic heterocycles. The number of benzene rings is 1. The summed E-state index contributed by atoms with van der Waals surface area (Å²) in [7, 11) is 0. The van der Waals surface area contributed by atoms with Crippen molar-refractivity contribution in [2.45, 2.75) is 48.7 Å². The van der Waals surface area contributed by atoms with Gasteiger partial charge in [0.05, 0.1) is 4.88 Å². The van der Waals surface area contributed by atoms with Gasteiger partial charge in [0.15, 0.2) is 0 Å². The van der Waals surface area contributed by atoms with Crippen LogP contribution in [0.3, 0.4) is 0 Å². The second-order valence-electron chi connectivity index (χ2n) is 6.59. The smallest absolute Gasteiger partial charge is 0.227 e. The molecule has 0 unspecified atom stereocenters. The van der Waals surface area contributed by atoms with E-state index >= 15 is 0 Å². The van der Waals surface area contributed by atoms with Crippen molar-refractivity contribution in [3.63, 3.8) is 0 Å². The van der Waals surface area contributed by atoms with Gasteiger partial charge >= 0.3 is 0 Å². The van der Waals surface area contributed by atoms with Gasteiger partial charge in [-0.05, 0) is 48.6 Å². The Balaban J connectivity index is 1.25. The molecule has 27 heavy (non-hydrogen) atoms. The summed E-state index contributed by atoms with van der Waals surface area (Å²) in [5.74, 6) is 1.01. The number of aryl methyl sites for hydroxylation is 1. The maximum Gasteiger partial charge on any atom is 0.227 e. The minimum absolute atomic E-state index is 0.0536. The van der Waals surface area contributed by atoms with Crippen molar-refractivity contribution in [2.75, 3.05) is 5.32 Å². The number of carbonyl (C=O) groups is 1. The van der Waals surface area contributed by atoms with Crippen molar-refractivity contribution in [3.05, 3.63) is 47.7 Å². The van der Waals surface area contributed by atoms with Gasteiger partial charge in [-0.15, -0.1) is 23.1 Å². The van der Waals surface area contributed by atoms with Gasteiger partial charge in [0, 0.05) is 28.7 Å². The van der Waals surface area contributed by atoms with Crippen molar-refractivity contribution in [1.29, 1.82) is 0 Å². The molecule has 0 bridgehead atoms. The SMILES string of the molecule is O=C(CCc1nc(-c2cccs2)no1)Nc1ccc(SC2CCCC2)cc1. The van der Waals surface area contributed by atoms with E-state index in [9.17, 15) is 4.79 Å². The Labute approximate surface area is 166 Å². The normalized spacial score (nSPS) is 14.5. The zero-order valence-corrected chi connectivity index (χ0v) is 16.5. The van der Waals surface area contributed by atoms with Crippen LogP contribution in [0.5, 0.6) is 0 Å². The van der Waals surface area contributed by atoms with E-state index in [4.69, 9.17) is 4.52 Å². The minimum atomic E-state index is -0.0536. The molecule has 1 aliphatic rings. The summed E-state index contributed by atoms with van der Waals surface area (Å²) in [4.78, 5) is 18.8. The van der Waals surface area contributed by atoms with Crippen LogP contribution >= 0.6 is 23.1 Å². The maximum atomic E-state index is 12.2. The largest absolute Gasteiger partial charge is 0.339 e. The van der Waals surface area contributed by atoms with Crippen molar-refractivity contribution in [2.24, 2.45) is 0 Å². The van der Waals surface area contributed by atoms with Gasteiger partial charge in [-0.2, -0.15) is 4.98 Å². The number of rotatable bonds is 7. The minimum Gasteiger partial charge on any atom is -0.339 e. The van der Waals surface area contributed by atoms with Crippen LogP contribution in [0, 0.1) is 0 Å². The molecule has 7 heteroatoms. The van der Waals surface area contributed by atoms with Gasteiger partial charge in [0.25, 0.3) is 0 Å². The molecular weight excluding hydrogens is 378 g/mol. The second kappa shape index (κ2) is 8.71. The first-order chi connectivity index (χ1) is 13.3. The highest BCUT2D eigenvalue weighted by Crippen LogP contribution is 2.35. The highest BCUT2D eigenvalue weighted by Gasteiger charge is 2.16. The number of hydrogen-bond acceptors (Lipinski definition) is 6. The predicted octanol–water partition coefficient (Wildman–Crippen LogP) is 5.40. The molecule has 1 N–H and O–H groups in total. The van der Waals surface area contributed by atoms with Gasteiger partial charge in [-0.3, -0.25) is 4.79 Å². The van der Waals surface area contributed by atoms with Gasteiger partial charge < -0.3 is 9.84 Å². The molecule has 0 aliphatic heterocycles. The highest BCUT2D eigenvalue weighted by atomic mass is 32.2. The number of carbonyl (C=O) groups excluding carboxylic acids is 1. The van der Waals surface area contributed by atoms with Crippen molar-refractivity contribution < 1.29 is 9.32 Å². The summed E-state index contributed by atoms with van der Waals surface area (Å²) >= 11 is 3.51. The van der Waals surface area contributed by atoms with Crippen molar-refractivity contribution in [3.8, 4) is 10.7 Å². The number of anilines is 1. The molecule has 2 heterocycles. The van der Waals surface area contributed by atoms with E-state index in [0.717, 1.165) is 15.8 Å². The average molecular weight is 400 g/mol. The molecule has 0 radical (unpaired) electrons. The lowest BCUT2D eigenvalue weighted by molar-refractivity contribution is -0.116. The van der Waals surface area contributed by atoms with Crippen molar-refractivity contribution >= 4 is 34.7 Å². The lowest BCUT2D eigenvalue weighted by Gasteiger charge is -2.09. The van der Waals surface area contributed by atoms with Gasteiger partial charge in [0.2, 0.25) is 17.6 Å². The van der Waals surface area contributed by atoms with Gasteiger partial charge in [0.1, 0.15) is 0 Å². The fourth-order valence-electron chi connectivity index (χ4n) is 3.12. The molecule has 3 aromatic rings. The molecule has 0 spiro atoms. The van der Waals surface area contributed by atoms with E-state index in [0.29, 0.717) is 24.6 Å². The topological polar surface area (TPSA) is 68.0 Å². The Hall–Kier alpha value is -2.12. The zero-order valence-electron chi connectivity index (χ0n) is 14.9. The van der Waals surface area contributed by atoms with Crippen LogP contribution in [0.15, 0.2) is 51.2 Å². The number of amides is 1. The van der Waals surface area contributed by atoms with Crippen LogP contribution in [0.2, 0.25) is 0 Å².